The minimum atomic E-state index is -5.60. The molecule has 0 aromatic heterocycles. The molecule has 0 saturated heterocycles. The van der Waals surface area contributed by atoms with Crippen molar-refractivity contribution in [2.45, 2.75) is 30.9 Å². The van der Waals surface area contributed by atoms with E-state index >= 15 is 0 Å². The zero-order valence-corrected chi connectivity index (χ0v) is 11.0. The van der Waals surface area contributed by atoms with Crippen molar-refractivity contribution in [1.29, 1.82) is 0 Å². The number of carbonyl (C=O) groups is 1. The molecule has 0 heterocycles. The van der Waals surface area contributed by atoms with Gasteiger partial charge < -0.3 is 14.9 Å². The summed E-state index contributed by atoms with van der Waals surface area (Å²) in [6.45, 7) is -0.264. The van der Waals surface area contributed by atoms with E-state index in [0.717, 1.165) is 12.8 Å². The molecule has 0 spiro atoms. The summed E-state index contributed by atoms with van der Waals surface area (Å²) in [6.07, 6.45) is 2.92. The highest BCUT2D eigenvalue weighted by Gasteiger charge is 2.51. The first-order valence-electron chi connectivity index (χ1n) is 5.85. The van der Waals surface area contributed by atoms with Crippen LogP contribution < -0.4 is 0 Å². The van der Waals surface area contributed by atoms with E-state index in [9.17, 15) is 17.6 Å². The summed E-state index contributed by atoms with van der Waals surface area (Å²) in [5.41, 5.74) is 0. The Bertz CT molecular complexity index is 420. The van der Waals surface area contributed by atoms with Gasteiger partial charge in [-0.2, -0.15) is 12.8 Å². The van der Waals surface area contributed by atoms with Gasteiger partial charge in [0.25, 0.3) is 0 Å². The van der Waals surface area contributed by atoms with Crippen LogP contribution in [0.2, 0.25) is 0 Å². The second kappa shape index (κ2) is 6.12. The average molecular weight is 300 g/mol. The summed E-state index contributed by atoms with van der Waals surface area (Å²) in [6, 6.07) is 0. The Kier molecular flexibility index (Phi) is 5.25. The van der Waals surface area contributed by atoms with Crippen molar-refractivity contribution in [2.75, 3.05) is 13.2 Å². The summed E-state index contributed by atoms with van der Waals surface area (Å²) >= 11 is 0. The predicted octanol–water partition coefficient (Wildman–Crippen LogP) is -0.168. The fourth-order valence-electron chi connectivity index (χ4n) is 2.11. The molecule has 1 rings (SSSR count). The highest BCUT2D eigenvalue weighted by molar-refractivity contribution is 7.87. The maximum atomic E-state index is 13.1. The van der Waals surface area contributed by atoms with Gasteiger partial charge in [0.1, 0.15) is 0 Å². The number of rotatable bonds is 5. The lowest BCUT2D eigenvalue weighted by molar-refractivity contribution is -0.172. The largest absolute Gasteiger partial charge is 0.460 e. The molecule has 0 aromatic rings. The van der Waals surface area contributed by atoms with Gasteiger partial charge in [0.2, 0.25) is 0 Å². The highest BCUT2D eigenvalue weighted by atomic mass is 32.2. The Morgan fingerprint density at radius 1 is 1.37 bits per heavy atom. The van der Waals surface area contributed by atoms with Crippen LogP contribution in [0.5, 0.6) is 0 Å². The van der Waals surface area contributed by atoms with E-state index in [-0.39, 0.29) is 25.0 Å². The van der Waals surface area contributed by atoms with Crippen molar-refractivity contribution in [3.8, 4) is 0 Å². The monoisotopic (exact) mass is 300 g/mol. The number of esters is 1. The van der Waals surface area contributed by atoms with Crippen LogP contribution >= 0.6 is 0 Å². The molecular formula is C10H17FO7S. The second-order valence-corrected chi connectivity index (χ2v) is 6.21. The number of hydrogen-bond acceptors (Lipinski definition) is 6. The molecule has 1 saturated carbocycles. The molecule has 9 heteroatoms. The third-order valence-corrected chi connectivity index (χ3v) is 4.04. The second-order valence-electron chi connectivity index (χ2n) is 4.72. The molecule has 112 valence electrons. The SMILES string of the molecule is O=C(OCC1CCCC(CO)C1)C(O)(F)S(=O)(=O)O. The molecule has 3 atom stereocenters. The number of alkyl halides is 1. The number of carbonyl (C=O) groups excluding carboxylic acids is 1. The van der Waals surface area contributed by atoms with E-state index in [2.05, 4.69) is 4.74 Å². The van der Waals surface area contributed by atoms with Crippen LogP contribution in [-0.2, 0) is 19.6 Å². The number of halogens is 1. The van der Waals surface area contributed by atoms with Crippen molar-refractivity contribution in [1.82, 2.24) is 0 Å². The van der Waals surface area contributed by atoms with Crippen LogP contribution in [0.4, 0.5) is 4.39 Å². The highest BCUT2D eigenvalue weighted by Crippen LogP contribution is 2.29. The molecule has 1 fully saturated rings. The van der Waals surface area contributed by atoms with E-state index in [1.807, 2.05) is 0 Å². The van der Waals surface area contributed by atoms with Gasteiger partial charge in [-0.15, -0.1) is 0 Å². The summed E-state index contributed by atoms with van der Waals surface area (Å²) in [7, 11) is -5.60. The third-order valence-electron chi connectivity index (χ3n) is 3.19. The van der Waals surface area contributed by atoms with Gasteiger partial charge in [0.15, 0.2) is 0 Å². The van der Waals surface area contributed by atoms with Crippen LogP contribution in [0, 0.1) is 11.8 Å². The molecule has 0 aliphatic heterocycles. The van der Waals surface area contributed by atoms with Crippen molar-refractivity contribution < 1.29 is 37.1 Å². The lowest BCUT2D eigenvalue weighted by Gasteiger charge is -2.27. The van der Waals surface area contributed by atoms with E-state index in [1.165, 1.54) is 0 Å². The van der Waals surface area contributed by atoms with E-state index in [0.29, 0.717) is 12.8 Å². The van der Waals surface area contributed by atoms with Crippen LogP contribution in [0.25, 0.3) is 0 Å². The fraction of sp³-hybridized carbons (Fsp3) is 0.900. The van der Waals surface area contributed by atoms with Crippen LogP contribution in [0.1, 0.15) is 25.7 Å². The first kappa shape index (κ1) is 16.3. The summed E-state index contributed by atoms with van der Waals surface area (Å²) < 4.78 is 46.7. The number of ether oxygens (including phenoxy) is 1. The standard InChI is InChI=1S/C10H17FO7S/c11-10(14,19(15,16)17)9(13)18-6-8-3-1-2-7(4-8)5-12/h7-8,12,14H,1-6H2,(H,15,16,17). The van der Waals surface area contributed by atoms with E-state index in [4.69, 9.17) is 14.8 Å². The molecule has 1 aliphatic carbocycles. The Morgan fingerprint density at radius 2 is 1.95 bits per heavy atom. The quantitative estimate of drug-likeness (QED) is 0.476. The van der Waals surface area contributed by atoms with Crippen LogP contribution in [-0.4, -0.2) is 47.6 Å². The van der Waals surface area contributed by atoms with Crippen LogP contribution in [0.15, 0.2) is 0 Å². The normalized spacial score (nSPS) is 27.6. The van der Waals surface area contributed by atoms with Gasteiger partial charge in [-0.1, -0.05) is 6.42 Å². The molecule has 0 amide bonds. The van der Waals surface area contributed by atoms with Gasteiger partial charge in [0.05, 0.1) is 6.61 Å². The predicted molar refractivity (Wildman–Crippen MR) is 61.1 cm³/mol. The lowest BCUT2D eigenvalue weighted by Crippen LogP contribution is -2.43. The fourth-order valence-corrected chi connectivity index (χ4v) is 2.38. The molecule has 0 radical (unpaired) electrons. The Balaban J connectivity index is 2.51. The van der Waals surface area contributed by atoms with E-state index < -0.39 is 21.3 Å². The lowest BCUT2D eigenvalue weighted by atomic mass is 9.82. The van der Waals surface area contributed by atoms with Crippen molar-refractivity contribution >= 4 is 16.1 Å². The van der Waals surface area contributed by atoms with Gasteiger partial charge in [-0.25, -0.2) is 4.79 Å². The number of aliphatic hydroxyl groups is 2. The Labute approximate surface area is 110 Å². The molecular weight excluding hydrogens is 283 g/mol. The molecule has 7 nitrogen and oxygen atoms in total. The molecule has 0 bridgehead atoms. The minimum absolute atomic E-state index is 0.00249. The first-order chi connectivity index (χ1) is 8.68. The molecule has 0 aromatic carbocycles. The Hall–Kier alpha value is -0.770. The zero-order chi connectivity index (χ0) is 14.7. The first-order valence-corrected chi connectivity index (χ1v) is 7.29. The van der Waals surface area contributed by atoms with Gasteiger partial charge in [0, 0.05) is 6.61 Å². The molecule has 3 unspecified atom stereocenters. The van der Waals surface area contributed by atoms with Crippen molar-refractivity contribution in [2.24, 2.45) is 11.8 Å². The average Bonchev–Trinajstić information content (AvgIpc) is 2.34. The van der Waals surface area contributed by atoms with E-state index in [1.54, 1.807) is 0 Å². The smallest absolute Gasteiger partial charge is 0.431 e. The molecule has 3 N–H and O–H groups in total. The minimum Gasteiger partial charge on any atom is -0.460 e. The Morgan fingerprint density at radius 3 is 2.47 bits per heavy atom. The van der Waals surface area contributed by atoms with Crippen molar-refractivity contribution in [3.63, 3.8) is 0 Å². The maximum absolute atomic E-state index is 13.1. The number of aliphatic hydroxyl groups excluding tert-OH is 1. The summed E-state index contributed by atoms with van der Waals surface area (Å²) in [5.74, 6) is -2.11. The summed E-state index contributed by atoms with van der Waals surface area (Å²) in [5, 5.41) is 13.3. The number of hydrogen-bond donors (Lipinski definition) is 3. The van der Waals surface area contributed by atoms with Crippen LogP contribution in [0.3, 0.4) is 0 Å². The zero-order valence-electron chi connectivity index (χ0n) is 10.2. The summed E-state index contributed by atoms with van der Waals surface area (Å²) in [4.78, 5) is 11.1. The topological polar surface area (TPSA) is 121 Å². The molecule has 1 aliphatic rings. The van der Waals surface area contributed by atoms with Gasteiger partial charge in [-0.3, -0.25) is 4.55 Å². The third kappa shape index (κ3) is 4.10. The van der Waals surface area contributed by atoms with Gasteiger partial charge >= 0.3 is 21.3 Å². The van der Waals surface area contributed by atoms with Crippen molar-refractivity contribution in [3.05, 3.63) is 0 Å². The molecule has 19 heavy (non-hydrogen) atoms. The maximum Gasteiger partial charge on any atom is 0.431 e. The van der Waals surface area contributed by atoms with Gasteiger partial charge in [-0.05, 0) is 31.1 Å².